The fraction of sp³-hybridized carbons (Fsp3) is 0.327. The third-order valence-electron chi connectivity index (χ3n) is 14.3. The van der Waals surface area contributed by atoms with Crippen molar-refractivity contribution in [1.82, 2.24) is 25.1 Å². The first-order chi connectivity index (χ1) is 33.1. The highest BCUT2D eigenvalue weighted by atomic mass is 35.5. The lowest BCUT2D eigenvalue weighted by atomic mass is 9.65. The van der Waals surface area contributed by atoms with Crippen LogP contribution >= 0.6 is 11.6 Å². The zero-order valence-electron chi connectivity index (χ0n) is 37.1. The second kappa shape index (κ2) is 17.4. The van der Waals surface area contributed by atoms with Crippen molar-refractivity contribution in [2.24, 2.45) is 0 Å². The Morgan fingerprint density at radius 2 is 1.72 bits per heavy atom. The van der Waals surface area contributed by atoms with Gasteiger partial charge in [0.05, 0.1) is 17.8 Å². The van der Waals surface area contributed by atoms with Crippen molar-refractivity contribution in [3.63, 3.8) is 0 Å². The molecule has 7 heterocycles. The smallest absolute Gasteiger partial charge is 0.433 e. The number of halogens is 5. The molecule has 5 aliphatic heterocycles. The molecule has 5 aromatic rings. The first kappa shape index (κ1) is 45.5. The lowest BCUT2D eigenvalue weighted by Crippen LogP contribution is -2.52. The number of methoxy groups -OCH3 is 1. The van der Waals surface area contributed by atoms with Crippen molar-refractivity contribution in [2.45, 2.75) is 61.9 Å². The van der Waals surface area contributed by atoms with Gasteiger partial charge in [0.1, 0.15) is 29.3 Å². The molecule has 2 aromatic heterocycles. The fourth-order valence-electron chi connectivity index (χ4n) is 10.9. The van der Waals surface area contributed by atoms with Gasteiger partial charge in [0.25, 0.3) is 11.8 Å². The van der Waals surface area contributed by atoms with E-state index in [4.69, 9.17) is 16.3 Å². The van der Waals surface area contributed by atoms with Crippen molar-refractivity contribution in [2.75, 3.05) is 60.3 Å². The minimum absolute atomic E-state index is 0.0302. The summed E-state index contributed by atoms with van der Waals surface area (Å²) in [5.74, 6) is -3.61. The van der Waals surface area contributed by atoms with Crippen LogP contribution in [0.25, 0.3) is 0 Å². The normalized spacial score (nSPS) is 23.2. The van der Waals surface area contributed by atoms with E-state index in [2.05, 4.69) is 30.8 Å². The number of benzene rings is 3. The van der Waals surface area contributed by atoms with Crippen LogP contribution < -0.4 is 30.5 Å². The van der Waals surface area contributed by atoms with Gasteiger partial charge in [-0.15, -0.1) is 0 Å². The van der Waals surface area contributed by atoms with Crippen LogP contribution in [0.4, 0.5) is 40.3 Å². The van der Waals surface area contributed by atoms with Crippen molar-refractivity contribution in [1.29, 1.82) is 0 Å². The molecule has 3 fully saturated rings. The van der Waals surface area contributed by atoms with E-state index < -0.39 is 59.0 Å². The Morgan fingerprint density at radius 3 is 2.45 bits per heavy atom. The highest BCUT2D eigenvalue weighted by Gasteiger charge is 2.64. The minimum Gasteiger partial charge on any atom is -0.495 e. The van der Waals surface area contributed by atoms with Gasteiger partial charge < -0.3 is 35.0 Å². The summed E-state index contributed by atoms with van der Waals surface area (Å²) in [6.07, 6.45) is -0.0492. The number of hydrogen-bond acceptors (Lipinski definition) is 11. The molecular formula is C49H44ClF4N9O6. The third kappa shape index (κ3) is 7.72. The second-order valence-electron chi connectivity index (χ2n) is 17.8. The molecule has 0 unspecified atom stereocenters. The van der Waals surface area contributed by atoms with Crippen LogP contribution in [0.3, 0.4) is 0 Å². The highest BCUT2D eigenvalue weighted by Crippen LogP contribution is 2.59. The summed E-state index contributed by atoms with van der Waals surface area (Å²) in [5.41, 5.74) is 1.51. The average molecular weight is 966 g/mol. The minimum atomic E-state index is -4.73. The number of piperidine rings is 1. The standard InChI is InChI=1S/C49H44ClF4N9O6/c1-26-48(25-57-36-22-39(49(52,53)54)56-23-33(36)48)41(32-4-3-5-34(50)42(32)51)43(63(26)29-12-14-55-15-13-29)45(66)58-35-9-6-27(21-38(35)69-2)46(67)61-18-16-60(17-19-61)30-7-8-31-28(20-30)24-62(47(31)68)37-10-11-40(64)59-44(37)65/h3-9,12-15,20-23,26,37,41,43,57H,10-11,16-19,24-25H2,1-2H3,(H,58,66)(H,59,64,65)/t26-,37-,41-,43+,48+/m0/s1. The van der Waals surface area contributed by atoms with Crippen molar-refractivity contribution < 1.29 is 46.3 Å². The highest BCUT2D eigenvalue weighted by molar-refractivity contribution is 6.30. The number of fused-ring (bicyclic) bond motifs is 3. The van der Waals surface area contributed by atoms with Gasteiger partial charge in [-0.25, -0.2) is 4.39 Å². The molecule has 0 bridgehead atoms. The first-order valence-electron chi connectivity index (χ1n) is 22.3. The maximum atomic E-state index is 16.5. The maximum absolute atomic E-state index is 16.5. The molecule has 5 amide bonds. The average Bonchev–Trinajstić information content (AvgIpc) is 3.98. The van der Waals surface area contributed by atoms with Crippen molar-refractivity contribution in [3.8, 4) is 5.75 Å². The van der Waals surface area contributed by atoms with E-state index in [0.717, 1.165) is 23.5 Å². The van der Waals surface area contributed by atoms with Crippen molar-refractivity contribution >= 4 is 63.9 Å². The Bertz CT molecular complexity index is 2940. The van der Waals surface area contributed by atoms with E-state index in [1.807, 2.05) is 24.0 Å². The lowest BCUT2D eigenvalue weighted by Gasteiger charge is -2.36. The predicted molar refractivity (Wildman–Crippen MR) is 246 cm³/mol. The maximum Gasteiger partial charge on any atom is 0.433 e. The molecule has 10 rings (SSSR count). The van der Waals surface area contributed by atoms with E-state index in [1.165, 1.54) is 30.2 Å². The Hall–Kier alpha value is -7.28. The Balaban J connectivity index is 0.897. The van der Waals surface area contributed by atoms with Crippen LogP contribution in [0.5, 0.6) is 5.75 Å². The number of imide groups is 1. The van der Waals surface area contributed by atoms with Crippen molar-refractivity contribution in [3.05, 3.63) is 136 Å². The van der Waals surface area contributed by atoms with E-state index in [-0.39, 0.29) is 71.4 Å². The number of alkyl halides is 3. The second-order valence-corrected chi connectivity index (χ2v) is 18.2. The van der Waals surface area contributed by atoms with E-state index >= 15 is 9.18 Å². The summed E-state index contributed by atoms with van der Waals surface area (Å²) in [4.78, 5) is 81.8. The van der Waals surface area contributed by atoms with Crippen LogP contribution in [-0.2, 0) is 32.5 Å². The van der Waals surface area contributed by atoms with Gasteiger partial charge in [0.15, 0.2) is 0 Å². The molecule has 15 nitrogen and oxygen atoms in total. The predicted octanol–water partition coefficient (Wildman–Crippen LogP) is 6.38. The number of nitrogens with zero attached hydrogens (tertiary/aromatic N) is 6. The molecule has 3 aromatic carbocycles. The van der Waals surface area contributed by atoms with Gasteiger partial charge >= 0.3 is 6.18 Å². The fourth-order valence-corrected chi connectivity index (χ4v) is 11.1. The Kier molecular flexibility index (Phi) is 11.4. The molecule has 20 heteroatoms. The first-order valence-corrected chi connectivity index (χ1v) is 22.7. The summed E-state index contributed by atoms with van der Waals surface area (Å²) < 4.78 is 64.0. The van der Waals surface area contributed by atoms with Gasteiger partial charge in [0, 0.05) is 115 Å². The monoisotopic (exact) mass is 965 g/mol. The summed E-state index contributed by atoms with van der Waals surface area (Å²) in [6, 6.07) is 16.4. The topological polar surface area (TPSA) is 169 Å². The number of carbonyl (C=O) groups is 5. The molecule has 3 saturated heterocycles. The molecule has 0 saturated carbocycles. The molecule has 0 radical (unpaired) electrons. The number of anilines is 4. The number of aromatic nitrogens is 2. The summed E-state index contributed by atoms with van der Waals surface area (Å²) in [5, 5.41) is 8.24. The third-order valence-corrected chi connectivity index (χ3v) is 14.6. The van der Waals surface area contributed by atoms with E-state index in [0.29, 0.717) is 48.6 Å². The number of rotatable bonds is 8. The quantitative estimate of drug-likeness (QED) is 0.117. The number of carbonyl (C=O) groups excluding carboxylic acids is 5. The van der Waals surface area contributed by atoms with Crippen LogP contribution in [-0.4, -0.2) is 107 Å². The van der Waals surface area contributed by atoms with Crippen LogP contribution in [0.15, 0.2) is 91.4 Å². The molecule has 5 aliphatic rings. The largest absolute Gasteiger partial charge is 0.495 e. The SMILES string of the molecule is COc1cc(C(=O)N2CCN(c3ccc4c(c3)CN([C@H]3CCC(=O)NC3=O)C4=O)CC2)ccc1NC(=O)[C@H]1[C@H](c2cccc(Cl)c2F)[C@]2(CNc3cc(C(F)(F)F)ncc32)[C@H](C)N1c1ccncc1. The van der Waals surface area contributed by atoms with E-state index in [9.17, 15) is 32.3 Å². The number of ether oxygens (including phenoxy) is 1. The molecular weight excluding hydrogens is 922 g/mol. The molecule has 1 spiro atoms. The van der Waals surface area contributed by atoms with Gasteiger partial charge in [0.2, 0.25) is 17.7 Å². The molecule has 356 valence electrons. The number of piperazine rings is 1. The number of amides is 5. The number of nitrogens with one attached hydrogen (secondary N) is 3. The van der Waals surface area contributed by atoms with Gasteiger partial charge in [-0.1, -0.05) is 23.7 Å². The Labute approximate surface area is 397 Å². The van der Waals surface area contributed by atoms with Gasteiger partial charge in [-0.3, -0.25) is 39.3 Å². The lowest BCUT2D eigenvalue weighted by molar-refractivity contribution is -0.141. The Morgan fingerprint density at radius 1 is 0.957 bits per heavy atom. The van der Waals surface area contributed by atoms with Gasteiger partial charge in [-0.05, 0) is 85.1 Å². The van der Waals surface area contributed by atoms with Crippen LogP contribution in [0, 0.1) is 5.82 Å². The zero-order valence-corrected chi connectivity index (χ0v) is 37.9. The number of pyridine rings is 2. The van der Waals surface area contributed by atoms with E-state index in [1.54, 1.807) is 53.7 Å². The van der Waals surface area contributed by atoms with Gasteiger partial charge in [-0.2, -0.15) is 13.2 Å². The molecule has 0 aliphatic carbocycles. The molecule has 69 heavy (non-hydrogen) atoms. The number of hydrogen-bond donors (Lipinski definition) is 3. The summed E-state index contributed by atoms with van der Waals surface area (Å²) >= 11 is 6.40. The van der Waals surface area contributed by atoms with Crippen LogP contribution in [0.1, 0.15) is 68.8 Å². The molecule has 5 atom stereocenters. The zero-order chi connectivity index (χ0) is 48.5. The summed E-state index contributed by atoms with van der Waals surface area (Å²) in [6.45, 7) is 3.84. The van der Waals surface area contributed by atoms with Crippen LogP contribution in [0.2, 0.25) is 5.02 Å². The summed E-state index contributed by atoms with van der Waals surface area (Å²) in [7, 11) is 1.40. The molecule has 3 N–H and O–H groups in total.